The van der Waals surface area contributed by atoms with Crippen LogP contribution in [0.3, 0.4) is 0 Å². The van der Waals surface area contributed by atoms with E-state index in [4.69, 9.17) is 10.5 Å². The van der Waals surface area contributed by atoms with Gasteiger partial charge in [-0.3, -0.25) is 4.79 Å². The fourth-order valence-electron chi connectivity index (χ4n) is 2.76. The second-order valence-electron chi connectivity index (χ2n) is 6.45. The maximum Gasteiger partial charge on any atom is 0.188 e. The average Bonchev–Trinajstić information content (AvgIpc) is 2.79. The van der Waals surface area contributed by atoms with E-state index in [1.165, 1.54) is 11.3 Å². The van der Waals surface area contributed by atoms with Crippen LogP contribution in [0.4, 0.5) is 0 Å². The summed E-state index contributed by atoms with van der Waals surface area (Å²) in [5.74, 6) is -0.0794. The molecule has 2 N–H and O–H groups in total. The van der Waals surface area contributed by atoms with Crippen molar-refractivity contribution in [3.05, 3.63) is 16.1 Å². The molecule has 1 aromatic heterocycles. The number of aromatic nitrogens is 1. The molecule has 19 heavy (non-hydrogen) atoms. The molecule has 5 heteroatoms. The fraction of sp³-hybridized carbons (Fsp3) is 0.714. The van der Waals surface area contributed by atoms with Crippen molar-refractivity contribution < 1.29 is 9.53 Å². The van der Waals surface area contributed by atoms with Gasteiger partial charge in [-0.2, -0.15) is 0 Å². The van der Waals surface area contributed by atoms with Gasteiger partial charge in [0.05, 0.1) is 23.2 Å². The van der Waals surface area contributed by atoms with Crippen molar-refractivity contribution in [1.29, 1.82) is 0 Å². The van der Waals surface area contributed by atoms with Gasteiger partial charge in [-0.05, 0) is 41.0 Å². The Labute approximate surface area is 118 Å². The normalized spacial score (nSPS) is 26.3. The van der Waals surface area contributed by atoms with E-state index in [0.717, 1.165) is 11.4 Å². The minimum absolute atomic E-state index is 0.0683. The molecule has 0 saturated carbocycles. The van der Waals surface area contributed by atoms with Gasteiger partial charge in [0.2, 0.25) is 0 Å². The molecule has 2 atom stereocenters. The maximum atomic E-state index is 12.6. The molecule has 1 aliphatic heterocycles. The van der Waals surface area contributed by atoms with Crippen LogP contribution in [0.2, 0.25) is 0 Å². The number of Topliss-reactive ketones (excluding diaryl/α,β-unsaturated/α-hetero) is 1. The molecule has 106 valence electrons. The summed E-state index contributed by atoms with van der Waals surface area (Å²) < 4.78 is 5.98. The molecular formula is C14H22N2O2S. The Morgan fingerprint density at radius 1 is 1.53 bits per heavy atom. The van der Waals surface area contributed by atoms with Crippen molar-refractivity contribution in [1.82, 2.24) is 4.98 Å². The highest BCUT2D eigenvalue weighted by Gasteiger charge is 2.49. The first-order valence-electron chi connectivity index (χ1n) is 6.58. The molecule has 1 aliphatic rings. The lowest BCUT2D eigenvalue weighted by molar-refractivity contribution is -0.0712. The number of ether oxygens (including phenoxy) is 1. The van der Waals surface area contributed by atoms with Crippen LogP contribution < -0.4 is 5.73 Å². The standard InChI is InChI=1S/C14H22N2O2S/c1-8(15)12-16-10(7-19-12)11(17)9-6-13(2,3)18-14(9,4)5/h7-9H,6,15H2,1-5H3. The van der Waals surface area contributed by atoms with E-state index in [1.807, 2.05) is 40.0 Å². The Morgan fingerprint density at radius 2 is 2.16 bits per heavy atom. The summed E-state index contributed by atoms with van der Waals surface area (Å²) >= 11 is 1.45. The van der Waals surface area contributed by atoms with E-state index in [2.05, 4.69) is 4.98 Å². The largest absolute Gasteiger partial charge is 0.369 e. The first-order chi connectivity index (χ1) is 8.62. The molecule has 4 nitrogen and oxygen atoms in total. The van der Waals surface area contributed by atoms with Gasteiger partial charge in [-0.15, -0.1) is 11.3 Å². The molecule has 0 aromatic carbocycles. The minimum Gasteiger partial charge on any atom is -0.369 e. The van der Waals surface area contributed by atoms with E-state index in [-0.39, 0.29) is 23.3 Å². The Bertz CT molecular complexity index is 491. The van der Waals surface area contributed by atoms with Gasteiger partial charge in [-0.25, -0.2) is 4.98 Å². The molecule has 2 unspecified atom stereocenters. The highest BCUT2D eigenvalue weighted by Crippen LogP contribution is 2.43. The van der Waals surface area contributed by atoms with E-state index in [1.54, 1.807) is 0 Å². The maximum absolute atomic E-state index is 12.6. The summed E-state index contributed by atoms with van der Waals surface area (Å²) in [6, 6.07) is -0.129. The number of hydrogen-bond acceptors (Lipinski definition) is 5. The number of hydrogen-bond donors (Lipinski definition) is 1. The van der Waals surface area contributed by atoms with Crippen LogP contribution >= 0.6 is 11.3 Å². The smallest absolute Gasteiger partial charge is 0.188 e. The predicted molar refractivity (Wildman–Crippen MR) is 76.4 cm³/mol. The van der Waals surface area contributed by atoms with E-state index in [9.17, 15) is 4.79 Å². The van der Waals surface area contributed by atoms with Crippen LogP contribution in [0.5, 0.6) is 0 Å². The van der Waals surface area contributed by atoms with Gasteiger partial charge in [0.25, 0.3) is 0 Å². The molecule has 0 radical (unpaired) electrons. The lowest BCUT2D eigenvalue weighted by Crippen LogP contribution is -2.34. The zero-order valence-electron chi connectivity index (χ0n) is 12.2. The number of ketones is 1. The molecule has 1 aromatic rings. The van der Waals surface area contributed by atoms with Crippen LogP contribution in [0.15, 0.2) is 5.38 Å². The summed E-state index contributed by atoms with van der Waals surface area (Å²) in [5.41, 5.74) is 5.61. The lowest BCUT2D eigenvalue weighted by atomic mass is 9.83. The molecule has 2 heterocycles. The number of carbonyl (C=O) groups is 1. The van der Waals surface area contributed by atoms with Crippen LogP contribution in [-0.4, -0.2) is 22.0 Å². The Morgan fingerprint density at radius 3 is 2.58 bits per heavy atom. The van der Waals surface area contributed by atoms with E-state index < -0.39 is 5.60 Å². The summed E-state index contributed by atoms with van der Waals surface area (Å²) in [4.78, 5) is 17.0. The summed E-state index contributed by atoms with van der Waals surface area (Å²) in [6.45, 7) is 9.87. The number of rotatable bonds is 3. The predicted octanol–water partition coefficient (Wildman–Crippen LogP) is 2.94. The number of nitrogens with zero attached hydrogens (tertiary/aromatic N) is 1. The SMILES string of the molecule is CC(N)c1nc(C(=O)C2CC(C)(C)OC2(C)C)cs1. The summed E-state index contributed by atoms with van der Waals surface area (Å²) in [5, 5.41) is 2.61. The Kier molecular flexibility index (Phi) is 3.58. The van der Waals surface area contributed by atoms with Crippen LogP contribution in [0.1, 0.15) is 62.6 Å². The third kappa shape index (κ3) is 2.88. The molecule has 1 fully saturated rings. The van der Waals surface area contributed by atoms with Crippen molar-refractivity contribution >= 4 is 17.1 Å². The Hall–Kier alpha value is -0.780. The van der Waals surface area contributed by atoms with Gasteiger partial charge in [0.1, 0.15) is 10.7 Å². The van der Waals surface area contributed by atoms with E-state index in [0.29, 0.717) is 5.69 Å². The highest BCUT2D eigenvalue weighted by atomic mass is 32.1. The van der Waals surface area contributed by atoms with Crippen molar-refractivity contribution in [2.75, 3.05) is 0 Å². The van der Waals surface area contributed by atoms with Gasteiger partial charge >= 0.3 is 0 Å². The molecule has 0 bridgehead atoms. The molecule has 0 amide bonds. The zero-order valence-corrected chi connectivity index (χ0v) is 13.0. The zero-order chi connectivity index (χ0) is 14.4. The summed E-state index contributed by atoms with van der Waals surface area (Å²) in [7, 11) is 0. The van der Waals surface area contributed by atoms with Crippen molar-refractivity contribution in [2.24, 2.45) is 11.7 Å². The van der Waals surface area contributed by atoms with Gasteiger partial charge < -0.3 is 10.5 Å². The summed E-state index contributed by atoms with van der Waals surface area (Å²) in [6.07, 6.45) is 0.726. The first kappa shape index (κ1) is 14.6. The average molecular weight is 282 g/mol. The fourth-order valence-corrected chi connectivity index (χ4v) is 3.53. The molecule has 1 saturated heterocycles. The third-order valence-electron chi connectivity index (χ3n) is 3.55. The number of thiazole rings is 1. The van der Waals surface area contributed by atoms with E-state index >= 15 is 0 Å². The minimum atomic E-state index is -0.446. The monoisotopic (exact) mass is 282 g/mol. The molecule has 0 aliphatic carbocycles. The Balaban J connectivity index is 2.24. The molecule has 2 rings (SSSR count). The van der Waals surface area contributed by atoms with Crippen molar-refractivity contribution in [2.45, 2.75) is 58.3 Å². The first-order valence-corrected chi connectivity index (χ1v) is 7.46. The quantitative estimate of drug-likeness (QED) is 0.866. The lowest BCUT2D eigenvalue weighted by Gasteiger charge is -2.26. The van der Waals surface area contributed by atoms with Crippen LogP contribution in [-0.2, 0) is 4.74 Å². The van der Waals surface area contributed by atoms with Gasteiger partial charge in [0, 0.05) is 5.38 Å². The highest BCUT2D eigenvalue weighted by molar-refractivity contribution is 7.09. The van der Waals surface area contributed by atoms with Crippen molar-refractivity contribution in [3.8, 4) is 0 Å². The van der Waals surface area contributed by atoms with Crippen LogP contribution in [0, 0.1) is 5.92 Å². The topological polar surface area (TPSA) is 65.2 Å². The molecule has 0 spiro atoms. The van der Waals surface area contributed by atoms with Gasteiger partial charge in [-0.1, -0.05) is 0 Å². The third-order valence-corrected chi connectivity index (χ3v) is 4.60. The number of carbonyl (C=O) groups excluding carboxylic acids is 1. The van der Waals surface area contributed by atoms with Crippen molar-refractivity contribution in [3.63, 3.8) is 0 Å². The van der Waals surface area contributed by atoms with Crippen LogP contribution in [0.25, 0.3) is 0 Å². The second kappa shape index (κ2) is 4.65. The van der Waals surface area contributed by atoms with Gasteiger partial charge in [0.15, 0.2) is 5.78 Å². The molecular weight excluding hydrogens is 260 g/mol. The number of nitrogens with two attached hydrogens (primary N) is 1. The second-order valence-corrected chi connectivity index (χ2v) is 7.34.